The maximum absolute atomic E-state index is 5.83. The Bertz CT molecular complexity index is 547. The standard InChI is InChI=1S/C16H20N2/c1-11-6-4-5-7-15(11)13(3)18-16-10-14(17)9-8-12(16)2/h4-10,13,18H,17H2,1-3H3. The second-order valence-electron chi connectivity index (χ2n) is 4.80. The molecular formula is C16H20N2. The summed E-state index contributed by atoms with van der Waals surface area (Å²) in [6.07, 6.45) is 0. The van der Waals surface area contributed by atoms with Crippen LogP contribution >= 0.6 is 0 Å². The van der Waals surface area contributed by atoms with Crippen molar-refractivity contribution in [3.05, 3.63) is 59.2 Å². The van der Waals surface area contributed by atoms with Gasteiger partial charge in [0.2, 0.25) is 0 Å². The van der Waals surface area contributed by atoms with Crippen molar-refractivity contribution in [2.75, 3.05) is 11.1 Å². The summed E-state index contributed by atoms with van der Waals surface area (Å²) < 4.78 is 0. The van der Waals surface area contributed by atoms with E-state index in [2.05, 4.69) is 50.4 Å². The van der Waals surface area contributed by atoms with Crippen LogP contribution in [0.2, 0.25) is 0 Å². The SMILES string of the molecule is Cc1ccc(N)cc1NC(C)c1ccccc1C. The molecule has 0 aliphatic carbocycles. The number of hydrogen-bond acceptors (Lipinski definition) is 2. The Kier molecular flexibility index (Phi) is 3.56. The zero-order valence-corrected chi connectivity index (χ0v) is 11.2. The highest BCUT2D eigenvalue weighted by atomic mass is 14.9. The molecule has 2 heteroatoms. The van der Waals surface area contributed by atoms with E-state index in [1.54, 1.807) is 0 Å². The van der Waals surface area contributed by atoms with Crippen molar-refractivity contribution < 1.29 is 0 Å². The molecule has 0 heterocycles. The first-order valence-electron chi connectivity index (χ1n) is 6.26. The molecule has 94 valence electrons. The van der Waals surface area contributed by atoms with Crippen molar-refractivity contribution in [2.45, 2.75) is 26.8 Å². The van der Waals surface area contributed by atoms with Gasteiger partial charge in [0.15, 0.2) is 0 Å². The van der Waals surface area contributed by atoms with Gasteiger partial charge >= 0.3 is 0 Å². The van der Waals surface area contributed by atoms with Gasteiger partial charge in [0.05, 0.1) is 0 Å². The summed E-state index contributed by atoms with van der Waals surface area (Å²) in [6.45, 7) is 6.40. The zero-order valence-electron chi connectivity index (χ0n) is 11.2. The number of nitrogens with one attached hydrogen (secondary N) is 1. The summed E-state index contributed by atoms with van der Waals surface area (Å²) in [5, 5.41) is 3.53. The monoisotopic (exact) mass is 240 g/mol. The topological polar surface area (TPSA) is 38.0 Å². The third-order valence-electron chi connectivity index (χ3n) is 3.29. The van der Waals surface area contributed by atoms with Gasteiger partial charge in [-0.05, 0) is 49.6 Å². The van der Waals surface area contributed by atoms with Crippen molar-refractivity contribution in [3.63, 3.8) is 0 Å². The van der Waals surface area contributed by atoms with Crippen molar-refractivity contribution >= 4 is 11.4 Å². The molecule has 2 nitrogen and oxygen atoms in total. The number of anilines is 2. The van der Waals surface area contributed by atoms with Crippen LogP contribution in [0.1, 0.15) is 29.7 Å². The molecule has 2 rings (SSSR count). The first-order chi connectivity index (χ1) is 8.58. The number of benzene rings is 2. The average Bonchev–Trinajstić information content (AvgIpc) is 2.34. The van der Waals surface area contributed by atoms with E-state index >= 15 is 0 Å². The van der Waals surface area contributed by atoms with Crippen LogP contribution < -0.4 is 11.1 Å². The smallest absolute Gasteiger partial charge is 0.0488 e. The molecular weight excluding hydrogens is 220 g/mol. The van der Waals surface area contributed by atoms with E-state index < -0.39 is 0 Å². The second-order valence-corrected chi connectivity index (χ2v) is 4.80. The van der Waals surface area contributed by atoms with Crippen LogP contribution in [0, 0.1) is 13.8 Å². The first kappa shape index (κ1) is 12.5. The van der Waals surface area contributed by atoms with E-state index in [1.165, 1.54) is 16.7 Å². The molecule has 18 heavy (non-hydrogen) atoms. The summed E-state index contributed by atoms with van der Waals surface area (Å²) in [5.41, 5.74) is 11.6. The van der Waals surface area contributed by atoms with Crippen LogP contribution in [0.3, 0.4) is 0 Å². The van der Waals surface area contributed by atoms with Gasteiger partial charge in [-0.15, -0.1) is 0 Å². The van der Waals surface area contributed by atoms with Crippen LogP contribution in [-0.2, 0) is 0 Å². The largest absolute Gasteiger partial charge is 0.399 e. The van der Waals surface area contributed by atoms with Crippen molar-refractivity contribution in [2.24, 2.45) is 0 Å². The minimum Gasteiger partial charge on any atom is -0.399 e. The normalized spacial score (nSPS) is 12.2. The van der Waals surface area contributed by atoms with Crippen molar-refractivity contribution in [1.82, 2.24) is 0 Å². The number of aryl methyl sites for hydroxylation is 2. The van der Waals surface area contributed by atoms with Gasteiger partial charge in [0.25, 0.3) is 0 Å². The van der Waals surface area contributed by atoms with Crippen molar-refractivity contribution in [1.29, 1.82) is 0 Å². The molecule has 0 aliphatic heterocycles. The lowest BCUT2D eigenvalue weighted by atomic mass is 10.0. The van der Waals surface area contributed by atoms with Gasteiger partial charge in [0.1, 0.15) is 0 Å². The molecule has 0 saturated heterocycles. The maximum atomic E-state index is 5.83. The average molecular weight is 240 g/mol. The number of nitrogen functional groups attached to an aromatic ring is 1. The molecule has 0 spiro atoms. The lowest BCUT2D eigenvalue weighted by Crippen LogP contribution is -2.09. The van der Waals surface area contributed by atoms with E-state index in [4.69, 9.17) is 5.73 Å². The molecule has 0 aliphatic rings. The van der Waals surface area contributed by atoms with Gasteiger partial charge in [-0.3, -0.25) is 0 Å². The molecule has 0 saturated carbocycles. The predicted octanol–water partition coefficient (Wildman–Crippen LogP) is 4.06. The second kappa shape index (κ2) is 5.13. The Morgan fingerprint density at radius 1 is 1.00 bits per heavy atom. The predicted molar refractivity (Wildman–Crippen MR) is 78.8 cm³/mol. The lowest BCUT2D eigenvalue weighted by Gasteiger charge is -2.19. The highest BCUT2D eigenvalue weighted by molar-refractivity contribution is 5.60. The van der Waals surface area contributed by atoms with E-state index in [0.717, 1.165) is 11.4 Å². The molecule has 2 aromatic carbocycles. The Morgan fingerprint density at radius 3 is 2.44 bits per heavy atom. The Balaban J connectivity index is 2.24. The minimum atomic E-state index is 0.270. The minimum absolute atomic E-state index is 0.270. The summed E-state index contributed by atoms with van der Waals surface area (Å²) in [7, 11) is 0. The van der Waals surface area contributed by atoms with Crippen LogP contribution in [0.4, 0.5) is 11.4 Å². The molecule has 1 atom stereocenters. The van der Waals surface area contributed by atoms with Gasteiger partial charge < -0.3 is 11.1 Å². The van der Waals surface area contributed by atoms with Gasteiger partial charge in [-0.25, -0.2) is 0 Å². The van der Waals surface area contributed by atoms with Gasteiger partial charge in [-0.1, -0.05) is 30.3 Å². The molecule has 0 amide bonds. The molecule has 0 radical (unpaired) electrons. The molecule has 1 unspecified atom stereocenters. The van der Waals surface area contributed by atoms with Crippen LogP contribution in [0.5, 0.6) is 0 Å². The highest BCUT2D eigenvalue weighted by Crippen LogP contribution is 2.25. The third-order valence-corrected chi connectivity index (χ3v) is 3.29. The molecule has 0 bridgehead atoms. The van der Waals surface area contributed by atoms with Gasteiger partial charge in [0, 0.05) is 17.4 Å². The summed E-state index contributed by atoms with van der Waals surface area (Å²) in [5.74, 6) is 0. The summed E-state index contributed by atoms with van der Waals surface area (Å²) in [4.78, 5) is 0. The quantitative estimate of drug-likeness (QED) is 0.794. The first-order valence-corrected chi connectivity index (χ1v) is 6.26. The fourth-order valence-corrected chi connectivity index (χ4v) is 2.18. The highest BCUT2D eigenvalue weighted by Gasteiger charge is 2.09. The van der Waals surface area contributed by atoms with E-state index in [0.29, 0.717) is 0 Å². The van der Waals surface area contributed by atoms with E-state index in [1.807, 2.05) is 18.2 Å². The molecule has 0 aromatic heterocycles. The number of nitrogens with two attached hydrogens (primary N) is 1. The van der Waals surface area contributed by atoms with E-state index in [-0.39, 0.29) is 6.04 Å². The number of rotatable bonds is 3. The number of hydrogen-bond donors (Lipinski definition) is 2. The lowest BCUT2D eigenvalue weighted by molar-refractivity contribution is 0.872. The fraction of sp³-hybridized carbons (Fsp3) is 0.250. The van der Waals surface area contributed by atoms with E-state index in [9.17, 15) is 0 Å². The fourth-order valence-electron chi connectivity index (χ4n) is 2.18. The Morgan fingerprint density at radius 2 is 1.72 bits per heavy atom. The molecule has 0 fully saturated rings. The van der Waals surface area contributed by atoms with Gasteiger partial charge in [-0.2, -0.15) is 0 Å². The molecule has 2 aromatic rings. The third kappa shape index (κ3) is 2.65. The zero-order chi connectivity index (χ0) is 13.1. The summed E-state index contributed by atoms with van der Waals surface area (Å²) >= 11 is 0. The Labute approximate surface area is 109 Å². The Hall–Kier alpha value is -1.96. The van der Waals surface area contributed by atoms with Crippen LogP contribution in [-0.4, -0.2) is 0 Å². The van der Waals surface area contributed by atoms with Crippen LogP contribution in [0.15, 0.2) is 42.5 Å². The van der Waals surface area contributed by atoms with Crippen molar-refractivity contribution in [3.8, 4) is 0 Å². The van der Waals surface area contributed by atoms with Crippen LogP contribution in [0.25, 0.3) is 0 Å². The molecule has 3 N–H and O–H groups in total. The summed E-state index contributed by atoms with van der Waals surface area (Å²) in [6, 6.07) is 14.7. The maximum Gasteiger partial charge on any atom is 0.0488 e.